The number of benzene rings is 1. The molecule has 3 heteroatoms. The van der Waals surface area contributed by atoms with Crippen LogP contribution in [0.15, 0.2) is 6.07 Å². The van der Waals surface area contributed by atoms with Crippen molar-refractivity contribution in [3.05, 3.63) is 28.3 Å². The molecule has 0 radical (unpaired) electrons. The van der Waals surface area contributed by atoms with Crippen molar-refractivity contribution in [1.29, 1.82) is 0 Å². The van der Waals surface area contributed by atoms with Gasteiger partial charge in [0.25, 0.3) is 0 Å². The van der Waals surface area contributed by atoms with Gasteiger partial charge in [0.05, 0.1) is 18.4 Å². The predicted molar refractivity (Wildman–Crippen MR) is 78.1 cm³/mol. The zero-order valence-electron chi connectivity index (χ0n) is 12.4. The van der Waals surface area contributed by atoms with Crippen molar-refractivity contribution < 1.29 is 9.53 Å². The van der Waals surface area contributed by atoms with Crippen LogP contribution < -0.4 is 4.90 Å². The molecule has 1 aromatic carbocycles. The topological polar surface area (TPSA) is 29.5 Å². The average Bonchev–Trinajstić information content (AvgIpc) is 2.44. The highest BCUT2D eigenvalue weighted by Gasteiger charge is 2.22. The van der Waals surface area contributed by atoms with Crippen LogP contribution in [0.5, 0.6) is 0 Å². The van der Waals surface area contributed by atoms with Gasteiger partial charge in [0, 0.05) is 13.1 Å². The predicted octanol–water partition coefficient (Wildman–Crippen LogP) is 3.39. The first-order valence-electron chi connectivity index (χ1n) is 7.00. The summed E-state index contributed by atoms with van der Waals surface area (Å²) in [7, 11) is 1.45. The number of ether oxygens (including phenoxy) is 1. The fourth-order valence-electron chi connectivity index (χ4n) is 2.86. The summed E-state index contributed by atoms with van der Waals surface area (Å²) in [6, 6.07) is 1.97. The number of hydrogen-bond acceptors (Lipinski definition) is 3. The second-order valence-corrected chi connectivity index (χ2v) is 5.38. The zero-order chi connectivity index (χ0) is 14.0. The minimum Gasteiger partial charge on any atom is -0.465 e. The van der Waals surface area contributed by atoms with Gasteiger partial charge < -0.3 is 9.64 Å². The van der Waals surface area contributed by atoms with E-state index >= 15 is 0 Å². The van der Waals surface area contributed by atoms with Crippen LogP contribution in [-0.2, 0) is 4.74 Å². The van der Waals surface area contributed by atoms with Gasteiger partial charge >= 0.3 is 5.97 Å². The van der Waals surface area contributed by atoms with E-state index in [-0.39, 0.29) is 5.97 Å². The highest BCUT2D eigenvalue weighted by atomic mass is 16.5. The molecular formula is C16H23NO2. The second-order valence-electron chi connectivity index (χ2n) is 5.38. The second kappa shape index (κ2) is 5.64. The minimum absolute atomic E-state index is 0.230. The first-order chi connectivity index (χ1) is 9.06. The maximum Gasteiger partial charge on any atom is 0.339 e. The monoisotopic (exact) mass is 261 g/mol. The van der Waals surface area contributed by atoms with E-state index in [2.05, 4.69) is 25.7 Å². The molecule has 0 atom stereocenters. The molecule has 0 bridgehead atoms. The molecule has 0 amide bonds. The van der Waals surface area contributed by atoms with Gasteiger partial charge in [-0.1, -0.05) is 0 Å². The summed E-state index contributed by atoms with van der Waals surface area (Å²) in [5.74, 6) is -0.230. The van der Waals surface area contributed by atoms with Crippen LogP contribution >= 0.6 is 0 Å². The smallest absolute Gasteiger partial charge is 0.339 e. The molecule has 1 fully saturated rings. The fraction of sp³-hybridized carbons (Fsp3) is 0.562. The first-order valence-corrected chi connectivity index (χ1v) is 7.00. The Morgan fingerprint density at radius 3 is 2.32 bits per heavy atom. The third-order valence-corrected chi connectivity index (χ3v) is 4.20. The molecule has 2 rings (SSSR count). The van der Waals surface area contributed by atoms with Gasteiger partial charge in [0.15, 0.2) is 0 Å². The number of carbonyl (C=O) groups excluding carboxylic acids is 1. The summed E-state index contributed by atoms with van der Waals surface area (Å²) in [6.07, 6.45) is 3.69. The SMILES string of the molecule is COC(=O)c1cc(C)c(C)c(C)c1N1CCCCC1. The Morgan fingerprint density at radius 1 is 1.11 bits per heavy atom. The van der Waals surface area contributed by atoms with Gasteiger partial charge in [-0.05, 0) is 62.8 Å². The Balaban J connectivity index is 2.54. The van der Waals surface area contributed by atoms with Crippen molar-refractivity contribution in [3.63, 3.8) is 0 Å². The molecule has 3 nitrogen and oxygen atoms in total. The van der Waals surface area contributed by atoms with Crippen LogP contribution in [0.25, 0.3) is 0 Å². The van der Waals surface area contributed by atoms with Crippen LogP contribution in [0.2, 0.25) is 0 Å². The minimum atomic E-state index is -0.230. The van der Waals surface area contributed by atoms with Crippen LogP contribution in [0.3, 0.4) is 0 Å². The summed E-state index contributed by atoms with van der Waals surface area (Å²) < 4.78 is 4.95. The van der Waals surface area contributed by atoms with E-state index < -0.39 is 0 Å². The molecule has 0 saturated carbocycles. The van der Waals surface area contributed by atoms with Crippen LogP contribution in [0, 0.1) is 20.8 Å². The molecule has 0 unspecified atom stereocenters. The van der Waals surface area contributed by atoms with Gasteiger partial charge in [0.1, 0.15) is 0 Å². The van der Waals surface area contributed by atoms with Crippen molar-refractivity contribution >= 4 is 11.7 Å². The summed E-state index contributed by atoms with van der Waals surface area (Å²) in [5, 5.41) is 0. The molecule has 19 heavy (non-hydrogen) atoms. The highest BCUT2D eigenvalue weighted by Crippen LogP contribution is 2.32. The summed E-state index contributed by atoms with van der Waals surface area (Å²) in [6.45, 7) is 8.35. The summed E-state index contributed by atoms with van der Waals surface area (Å²) >= 11 is 0. The number of hydrogen-bond donors (Lipinski definition) is 0. The summed E-state index contributed by atoms with van der Waals surface area (Å²) in [4.78, 5) is 14.4. The molecule has 0 N–H and O–H groups in total. The van der Waals surface area contributed by atoms with E-state index in [0.717, 1.165) is 24.3 Å². The number of nitrogens with zero attached hydrogens (tertiary/aromatic N) is 1. The van der Waals surface area contributed by atoms with Gasteiger partial charge in [-0.3, -0.25) is 0 Å². The Hall–Kier alpha value is -1.51. The molecule has 1 aromatic rings. The molecule has 1 heterocycles. The molecule has 0 aromatic heterocycles. The molecular weight excluding hydrogens is 238 g/mol. The van der Waals surface area contributed by atoms with Gasteiger partial charge in [-0.15, -0.1) is 0 Å². The molecule has 1 saturated heterocycles. The summed E-state index contributed by atoms with van der Waals surface area (Å²) in [5.41, 5.74) is 5.42. The zero-order valence-corrected chi connectivity index (χ0v) is 12.4. The largest absolute Gasteiger partial charge is 0.465 e. The molecule has 0 spiro atoms. The maximum absolute atomic E-state index is 12.0. The highest BCUT2D eigenvalue weighted by molar-refractivity contribution is 5.97. The Morgan fingerprint density at radius 2 is 1.74 bits per heavy atom. The Labute approximate surface area is 115 Å². The van der Waals surface area contributed by atoms with Crippen molar-refractivity contribution in [2.45, 2.75) is 40.0 Å². The third-order valence-electron chi connectivity index (χ3n) is 4.20. The van der Waals surface area contributed by atoms with E-state index in [1.165, 1.54) is 37.5 Å². The number of methoxy groups -OCH3 is 1. The Kier molecular flexibility index (Phi) is 4.13. The van der Waals surface area contributed by atoms with Crippen LogP contribution in [0.1, 0.15) is 46.3 Å². The lowest BCUT2D eigenvalue weighted by Crippen LogP contribution is -2.32. The number of rotatable bonds is 2. The van der Waals surface area contributed by atoms with E-state index in [1.807, 2.05) is 6.07 Å². The van der Waals surface area contributed by atoms with Gasteiger partial charge in [-0.2, -0.15) is 0 Å². The Bertz CT molecular complexity index is 488. The van der Waals surface area contributed by atoms with Crippen molar-refractivity contribution in [1.82, 2.24) is 0 Å². The fourth-order valence-corrected chi connectivity index (χ4v) is 2.86. The van der Waals surface area contributed by atoms with Crippen LogP contribution in [-0.4, -0.2) is 26.2 Å². The van der Waals surface area contributed by atoms with E-state index in [0.29, 0.717) is 5.56 Å². The maximum atomic E-state index is 12.0. The normalized spacial score (nSPS) is 15.5. The third kappa shape index (κ3) is 2.60. The number of piperidine rings is 1. The molecule has 104 valence electrons. The number of anilines is 1. The molecule has 1 aliphatic heterocycles. The first kappa shape index (κ1) is 13.9. The quantitative estimate of drug-likeness (QED) is 0.764. The lowest BCUT2D eigenvalue weighted by atomic mass is 9.95. The van der Waals surface area contributed by atoms with Gasteiger partial charge in [0.2, 0.25) is 0 Å². The molecule has 0 aliphatic carbocycles. The van der Waals surface area contributed by atoms with Crippen molar-refractivity contribution in [3.8, 4) is 0 Å². The van der Waals surface area contributed by atoms with Crippen molar-refractivity contribution in [2.24, 2.45) is 0 Å². The number of aryl methyl sites for hydroxylation is 1. The van der Waals surface area contributed by atoms with Gasteiger partial charge in [-0.25, -0.2) is 4.79 Å². The van der Waals surface area contributed by atoms with Crippen LogP contribution in [0.4, 0.5) is 5.69 Å². The van der Waals surface area contributed by atoms with E-state index in [4.69, 9.17) is 4.74 Å². The lowest BCUT2D eigenvalue weighted by Gasteiger charge is -2.32. The van der Waals surface area contributed by atoms with E-state index in [9.17, 15) is 4.79 Å². The van der Waals surface area contributed by atoms with Crippen molar-refractivity contribution in [2.75, 3.05) is 25.1 Å². The standard InChI is InChI=1S/C16H23NO2/c1-11-10-14(16(18)19-4)15(13(3)12(11)2)17-8-6-5-7-9-17/h10H,5-9H2,1-4H3. The average molecular weight is 261 g/mol. The number of esters is 1. The number of carbonyl (C=O) groups is 1. The molecule has 1 aliphatic rings. The van der Waals surface area contributed by atoms with E-state index in [1.54, 1.807) is 0 Å². The lowest BCUT2D eigenvalue weighted by molar-refractivity contribution is 0.0601.